The van der Waals surface area contributed by atoms with Gasteiger partial charge in [-0.3, -0.25) is 9.59 Å². The van der Waals surface area contributed by atoms with Gasteiger partial charge in [0.15, 0.2) is 10.9 Å². The van der Waals surface area contributed by atoms with E-state index in [9.17, 15) is 9.59 Å². The largest absolute Gasteiger partial charge is 0.497 e. The van der Waals surface area contributed by atoms with Crippen molar-refractivity contribution in [3.63, 3.8) is 0 Å². The highest BCUT2D eigenvalue weighted by Crippen LogP contribution is 2.36. The first-order valence-corrected chi connectivity index (χ1v) is 13.1. The number of piperidine rings is 1. The lowest BCUT2D eigenvalue weighted by Gasteiger charge is -2.42. The van der Waals surface area contributed by atoms with Crippen LogP contribution in [0.25, 0.3) is 5.69 Å². The normalized spacial score (nSPS) is 18.4. The first kappa shape index (κ1) is 23.4. The topological polar surface area (TPSA) is 108 Å². The van der Waals surface area contributed by atoms with Crippen LogP contribution in [0.1, 0.15) is 34.2 Å². The predicted octanol–water partition coefficient (Wildman–Crippen LogP) is 2.78. The summed E-state index contributed by atoms with van der Waals surface area (Å²) in [6, 6.07) is 14.6. The highest BCUT2D eigenvalue weighted by molar-refractivity contribution is 7.98. The van der Waals surface area contributed by atoms with Crippen molar-refractivity contribution >= 4 is 17.7 Å². The van der Waals surface area contributed by atoms with Crippen LogP contribution >= 0.6 is 11.8 Å². The molecule has 6 rings (SSSR count). The number of benzene rings is 1. The lowest BCUT2D eigenvalue weighted by atomic mass is 9.83. The molecule has 2 aliphatic rings. The van der Waals surface area contributed by atoms with Gasteiger partial charge < -0.3 is 14.2 Å². The third kappa shape index (κ3) is 4.50. The van der Waals surface area contributed by atoms with Gasteiger partial charge in [-0.15, -0.1) is 5.10 Å². The predicted molar refractivity (Wildman–Crippen MR) is 137 cm³/mol. The molecule has 1 saturated heterocycles. The molecule has 1 amide bonds. The van der Waals surface area contributed by atoms with Crippen LogP contribution in [0, 0.1) is 5.92 Å². The lowest BCUT2D eigenvalue weighted by Crippen LogP contribution is -2.49. The van der Waals surface area contributed by atoms with E-state index in [1.54, 1.807) is 42.4 Å². The highest BCUT2D eigenvalue weighted by Gasteiger charge is 2.38. The van der Waals surface area contributed by atoms with Crippen molar-refractivity contribution < 1.29 is 9.53 Å². The molecule has 0 aliphatic carbocycles. The number of nitrogens with zero attached hydrogens (tertiary/aromatic N) is 7. The number of aromatic nitrogens is 6. The number of thioether (sulfide) groups is 1. The van der Waals surface area contributed by atoms with E-state index in [1.165, 1.54) is 11.8 Å². The van der Waals surface area contributed by atoms with Crippen molar-refractivity contribution in [3.05, 3.63) is 88.4 Å². The molecular formula is C26H25N7O3S. The van der Waals surface area contributed by atoms with Gasteiger partial charge in [0, 0.05) is 55.5 Å². The van der Waals surface area contributed by atoms with Crippen molar-refractivity contribution in [1.29, 1.82) is 0 Å². The van der Waals surface area contributed by atoms with Gasteiger partial charge in [0.05, 0.1) is 18.5 Å². The van der Waals surface area contributed by atoms with E-state index in [4.69, 9.17) is 4.74 Å². The van der Waals surface area contributed by atoms with Crippen LogP contribution in [0.4, 0.5) is 0 Å². The number of methoxy groups -OCH3 is 1. The monoisotopic (exact) mass is 515 g/mol. The Morgan fingerprint density at radius 1 is 1.05 bits per heavy atom. The molecule has 37 heavy (non-hydrogen) atoms. The number of ether oxygens (including phenoxy) is 1. The Kier molecular flexibility index (Phi) is 6.21. The summed E-state index contributed by atoms with van der Waals surface area (Å²) in [7, 11) is 1.62. The Labute approximate surface area is 217 Å². The standard InChI is InChI=1S/C26H25N7O3S/c1-36-20-8-6-19(7-9-20)33-22(16-37-26-27-10-3-11-28-26)24(29-30-33)25(35)31-13-17-12-18(15-31)21-4-2-5-23(34)32(21)14-17/h2-11,17-18H,12-16H2,1H3. The number of fused-ring (bicyclic) bond motifs is 4. The molecule has 0 spiro atoms. The fraction of sp³-hybridized carbons (Fsp3) is 0.308. The number of rotatable bonds is 6. The third-order valence-electron chi connectivity index (χ3n) is 6.93. The zero-order valence-electron chi connectivity index (χ0n) is 20.2. The molecule has 0 N–H and O–H groups in total. The summed E-state index contributed by atoms with van der Waals surface area (Å²) in [6.07, 6.45) is 4.35. The second kappa shape index (κ2) is 9.81. The summed E-state index contributed by atoms with van der Waals surface area (Å²) in [5.41, 5.74) is 2.81. The van der Waals surface area contributed by atoms with E-state index < -0.39 is 0 Å². The number of amides is 1. The van der Waals surface area contributed by atoms with Crippen LogP contribution in [0.15, 0.2) is 70.9 Å². The number of hydrogen-bond donors (Lipinski definition) is 0. The van der Waals surface area contributed by atoms with Crippen molar-refractivity contribution in [2.75, 3.05) is 20.2 Å². The Hall–Kier alpha value is -3.99. The highest BCUT2D eigenvalue weighted by atomic mass is 32.2. The second-order valence-electron chi connectivity index (χ2n) is 9.22. The van der Waals surface area contributed by atoms with Gasteiger partial charge in [0.2, 0.25) is 0 Å². The second-order valence-corrected chi connectivity index (χ2v) is 10.2. The minimum atomic E-state index is -0.147. The maximum Gasteiger partial charge on any atom is 0.276 e. The van der Waals surface area contributed by atoms with Crippen molar-refractivity contribution in [2.24, 2.45) is 5.92 Å². The molecule has 1 fully saturated rings. The fourth-order valence-corrected chi connectivity index (χ4v) is 6.03. The summed E-state index contributed by atoms with van der Waals surface area (Å²) in [4.78, 5) is 36.7. The minimum absolute atomic E-state index is 0.0249. The van der Waals surface area contributed by atoms with Crippen LogP contribution in [0.2, 0.25) is 0 Å². The summed E-state index contributed by atoms with van der Waals surface area (Å²) < 4.78 is 8.84. The smallest absolute Gasteiger partial charge is 0.276 e. The summed E-state index contributed by atoms with van der Waals surface area (Å²) >= 11 is 1.43. The van der Waals surface area contributed by atoms with Crippen molar-refractivity contribution in [2.45, 2.75) is 29.8 Å². The zero-order chi connectivity index (χ0) is 25.4. The van der Waals surface area contributed by atoms with E-state index in [0.29, 0.717) is 41.9 Å². The Morgan fingerprint density at radius 2 is 1.86 bits per heavy atom. The molecule has 11 heteroatoms. The van der Waals surface area contributed by atoms with Crippen LogP contribution in [0.5, 0.6) is 5.75 Å². The van der Waals surface area contributed by atoms with E-state index in [2.05, 4.69) is 20.3 Å². The number of likely N-dealkylation sites (tertiary alicyclic amines) is 1. The SMILES string of the molecule is COc1ccc(-n2nnc(C(=O)N3CC4CC(C3)c3cccc(=O)n3C4)c2CSc2ncccn2)cc1. The number of carbonyl (C=O) groups is 1. The van der Waals surface area contributed by atoms with Crippen LogP contribution in [-0.2, 0) is 12.3 Å². The molecule has 2 unspecified atom stereocenters. The van der Waals surface area contributed by atoms with Gasteiger partial charge in [-0.1, -0.05) is 23.0 Å². The minimum Gasteiger partial charge on any atom is -0.497 e. The van der Waals surface area contributed by atoms with E-state index >= 15 is 0 Å². The molecule has 5 heterocycles. The van der Waals surface area contributed by atoms with E-state index in [-0.39, 0.29) is 23.3 Å². The summed E-state index contributed by atoms with van der Waals surface area (Å²) in [5.74, 6) is 1.35. The van der Waals surface area contributed by atoms with E-state index in [1.807, 2.05) is 39.8 Å². The number of pyridine rings is 1. The van der Waals surface area contributed by atoms with Gasteiger partial charge in [0.25, 0.3) is 11.5 Å². The Morgan fingerprint density at radius 3 is 2.65 bits per heavy atom. The lowest BCUT2D eigenvalue weighted by molar-refractivity contribution is 0.0588. The first-order valence-electron chi connectivity index (χ1n) is 12.1. The van der Waals surface area contributed by atoms with Crippen LogP contribution in [0.3, 0.4) is 0 Å². The van der Waals surface area contributed by atoms with Crippen molar-refractivity contribution in [1.82, 2.24) is 34.4 Å². The third-order valence-corrected chi connectivity index (χ3v) is 7.82. The Balaban J connectivity index is 1.32. The maximum absolute atomic E-state index is 13.9. The van der Waals surface area contributed by atoms with Crippen molar-refractivity contribution in [3.8, 4) is 11.4 Å². The molecule has 0 radical (unpaired) electrons. The van der Waals surface area contributed by atoms with Gasteiger partial charge >= 0.3 is 0 Å². The van der Waals surface area contributed by atoms with Crippen LogP contribution in [-0.4, -0.2) is 60.5 Å². The van der Waals surface area contributed by atoms with E-state index in [0.717, 1.165) is 23.6 Å². The quantitative estimate of drug-likeness (QED) is 0.285. The molecule has 2 atom stereocenters. The fourth-order valence-electron chi connectivity index (χ4n) is 5.23. The maximum atomic E-state index is 13.9. The van der Waals surface area contributed by atoms with Gasteiger partial charge in [-0.2, -0.15) is 0 Å². The zero-order valence-corrected chi connectivity index (χ0v) is 21.0. The first-order chi connectivity index (χ1) is 18.1. The molecule has 4 aromatic rings. The molecule has 2 bridgehead atoms. The summed E-state index contributed by atoms with van der Waals surface area (Å²) in [5, 5.41) is 9.33. The molecule has 188 valence electrons. The summed E-state index contributed by atoms with van der Waals surface area (Å²) in [6.45, 7) is 1.75. The average Bonchev–Trinajstić information content (AvgIpc) is 3.36. The van der Waals surface area contributed by atoms with Gasteiger partial charge in [-0.25, -0.2) is 14.6 Å². The Bertz CT molecular complexity index is 1490. The number of carbonyl (C=O) groups excluding carboxylic acids is 1. The molecular weight excluding hydrogens is 490 g/mol. The molecule has 10 nitrogen and oxygen atoms in total. The molecule has 0 saturated carbocycles. The number of hydrogen-bond acceptors (Lipinski definition) is 8. The molecule has 2 aliphatic heterocycles. The van der Waals surface area contributed by atoms with Gasteiger partial charge in [-0.05, 0) is 48.7 Å². The van der Waals surface area contributed by atoms with Crippen LogP contribution < -0.4 is 10.3 Å². The van der Waals surface area contributed by atoms with Gasteiger partial charge in [0.1, 0.15) is 5.75 Å². The average molecular weight is 516 g/mol. The molecule has 3 aromatic heterocycles. The molecule has 1 aromatic carbocycles.